The lowest BCUT2D eigenvalue weighted by Crippen LogP contribution is -2.28. The Morgan fingerprint density at radius 3 is 3.00 bits per heavy atom. The summed E-state index contributed by atoms with van der Waals surface area (Å²) in [6.45, 7) is 1.45. The van der Waals surface area contributed by atoms with Gasteiger partial charge in [0.15, 0.2) is 6.10 Å². The maximum Gasteiger partial charge on any atom is 0.332 e. The molecule has 1 aromatic carbocycles. The molecule has 4 nitrogen and oxygen atoms in total. The monoisotopic (exact) mass is 313 g/mol. The van der Waals surface area contributed by atoms with E-state index in [0.29, 0.717) is 13.0 Å². The highest BCUT2D eigenvalue weighted by Gasteiger charge is 2.29. The maximum atomic E-state index is 10.7. The average Bonchev–Trinajstić information content (AvgIpc) is 2.78. The van der Waals surface area contributed by atoms with Crippen LogP contribution in [0.3, 0.4) is 0 Å². The van der Waals surface area contributed by atoms with Crippen LogP contribution in [0.2, 0.25) is 0 Å². The molecular formula is C13H16BrNO3. The summed E-state index contributed by atoms with van der Waals surface area (Å²) < 4.78 is 6.47. The summed E-state index contributed by atoms with van der Waals surface area (Å²) in [7, 11) is 0. The molecule has 2 unspecified atom stereocenters. The summed E-state index contributed by atoms with van der Waals surface area (Å²) in [6, 6.07) is 8.09. The summed E-state index contributed by atoms with van der Waals surface area (Å²) in [5.41, 5.74) is 1.19. The van der Waals surface area contributed by atoms with E-state index in [9.17, 15) is 4.79 Å². The zero-order valence-electron chi connectivity index (χ0n) is 9.93. The molecule has 1 fully saturated rings. The Labute approximate surface area is 114 Å². The molecule has 0 radical (unpaired) electrons. The maximum absolute atomic E-state index is 10.7. The molecule has 0 bridgehead atoms. The van der Waals surface area contributed by atoms with Crippen LogP contribution in [-0.4, -0.2) is 29.8 Å². The van der Waals surface area contributed by atoms with Gasteiger partial charge in [-0.2, -0.15) is 0 Å². The predicted octanol–water partition coefficient (Wildman–Crippen LogP) is 2.17. The third kappa shape index (κ3) is 3.80. The minimum absolute atomic E-state index is 0.0123. The lowest BCUT2D eigenvalue weighted by molar-refractivity contribution is -0.149. The summed E-state index contributed by atoms with van der Waals surface area (Å²) in [5, 5.41) is 12.1. The van der Waals surface area contributed by atoms with E-state index in [0.717, 1.165) is 17.4 Å². The molecule has 0 saturated carbocycles. The number of hydrogen-bond donors (Lipinski definition) is 2. The second kappa shape index (κ2) is 6.31. The van der Waals surface area contributed by atoms with Crippen LogP contribution in [0.1, 0.15) is 18.4 Å². The normalized spacial score (nSPS) is 23.2. The number of rotatable bonds is 5. The minimum atomic E-state index is -0.857. The van der Waals surface area contributed by atoms with Crippen molar-refractivity contribution in [3.8, 4) is 0 Å². The van der Waals surface area contributed by atoms with Crippen LogP contribution in [0.15, 0.2) is 28.7 Å². The molecule has 1 saturated heterocycles. The lowest BCUT2D eigenvalue weighted by Gasteiger charge is -2.12. The number of halogens is 1. The Morgan fingerprint density at radius 1 is 1.50 bits per heavy atom. The van der Waals surface area contributed by atoms with E-state index >= 15 is 0 Å². The number of carboxylic acids is 1. The zero-order chi connectivity index (χ0) is 13.0. The van der Waals surface area contributed by atoms with Crippen molar-refractivity contribution in [2.75, 3.05) is 6.54 Å². The second-order valence-electron chi connectivity index (χ2n) is 4.42. The second-order valence-corrected chi connectivity index (χ2v) is 5.34. The van der Waals surface area contributed by atoms with Crippen molar-refractivity contribution in [1.82, 2.24) is 5.32 Å². The van der Waals surface area contributed by atoms with Crippen molar-refractivity contribution < 1.29 is 14.6 Å². The molecule has 0 amide bonds. The van der Waals surface area contributed by atoms with Crippen molar-refractivity contribution in [3.63, 3.8) is 0 Å². The fourth-order valence-corrected chi connectivity index (χ4v) is 2.51. The van der Waals surface area contributed by atoms with Crippen LogP contribution < -0.4 is 5.32 Å². The van der Waals surface area contributed by atoms with Gasteiger partial charge in [0.05, 0.1) is 6.10 Å². The van der Waals surface area contributed by atoms with Crippen molar-refractivity contribution in [3.05, 3.63) is 34.3 Å². The molecule has 1 aromatic rings. The highest BCUT2D eigenvalue weighted by Crippen LogP contribution is 2.19. The Kier molecular flexibility index (Phi) is 4.74. The fourth-order valence-electron chi connectivity index (χ4n) is 2.06. The molecule has 2 rings (SSSR count). The fraction of sp³-hybridized carbons (Fsp3) is 0.462. The quantitative estimate of drug-likeness (QED) is 0.874. The van der Waals surface area contributed by atoms with Crippen molar-refractivity contribution in [2.24, 2.45) is 0 Å². The Hall–Kier alpha value is -0.910. The number of ether oxygens (including phenoxy) is 1. The molecule has 18 heavy (non-hydrogen) atoms. The van der Waals surface area contributed by atoms with Gasteiger partial charge in [0.2, 0.25) is 0 Å². The van der Waals surface area contributed by atoms with Gasteiger partial charge in [-0.3, -0.25) is 0 Å². The van der Waals surface area contributed by atoms with Gasteiger partial charge >= 0.3 is 5.97 Å². The number of aliphatic carboxylic acids is 1. The van der Waals surface area contributed by atoms with E-state index in [4.69, 9.17) is 9.84 Å². The van der Waals surface area contributed by atoms with Gasteiger partial charge in [-0.05, 0) is 30.5 Å². The van der Waals surface area contributed by atoms with E-state index < -0.39 is 12.1 Å². The number of hydrogen-bond acceptors (Lipinski definition) is 3. The van der Waals surface area contributed by atoms with Gasteiger partial charge in [-0.25, -0.2) is 4.79 Å². The summed E-state index contributed by atoms with van der Waals surface area (Å²) in [4.78, 5) is 10.7. The molecule has 0 aliphatic carbocycles. The van der Waals surface area contributed by atoms with E-state index in [1.807, 2.05) is 18.2 Å². The Bertz CT molecular complexity index is 424. The first-order chi connectivity index (χ1) is 8.65. The minimum Gasteiger partial charge on any atom is -0.479 e. The van der Waals surface area contributed by atoms with Crippen LogP contribution in [0.25, 0.3) is 0 Å². The van der Waals surface area contributed by atoms with E-state index in [2.05, 4.69) is 27.3 Å². The number of benzene rings is 1. The van der Waals surface area contributed by atoms with Gasteiger partial charge in [0, 0.05) is 17.6 Å². The molecule has 1 aliphatic rings. The molecule has 0 aromatic heterocycles. The van der Waals surface area contributed by atoms with Crippen molar-refractivity contribution in [2.45, 2.75) is 31.6 Å². The van der Waals surface area contributed by atoms with Gasteiger partial charge in [-0.1, -0.05) is 28.1 Å². The van der Waals surface area contributed by atoms with Crippen LogP contribution in [-0.2, 0) is 16.1 Å². The highest BCUT2D eigenvalue weighted by atomic mass is 79.9. The first-order valence-corrected chi connectivity index (χ1v) is 6.78. The summed E-state index contributed by atoms with van der Waals surface area (Å²) >= 11 is 3.43. The molecule has 1 aliphatic heterocycles. The third-order valence-electron chi connectivity index (χ3n) is 2.97. The van der Waals surface area contributed by atoms with E-state index in [-0.39, 0.29) is 6.10 Å². The molecule has 5 heteroatoms. The number of carbonyl (C=O) groups is 1. The molecular weight excluding hydrogens is 298 g/mol. The van der Waals surface area contributed by atoms with Gasteiger partial charge < -0.3 is 15.2 Å². The topological polar surface area (TPSA) is 58.6 Å². The summed E-state index contributed by atoms with van der Waals surface area (Å²) in [5.74, 6) is -0.857. The van der Waals surface area contributed by atoms with E-state index in [1.54, 1.807) is 0 Å². The molecule has 0 spiro atoms. The van der Waals surface area contributed by atoms with Crippen LogP contribution in [0.4, 0.5) is 0 Å². The van der Waals surface area contributed by atoms with Gasteiger partial charge in [0.25, 0.3) is 0 Å². The zero-order valence-corrected chi connectivity index (χ0v) is 11.5. The highest BCUT2D eigenvalue weighted by molar-refractivity contribution is 9.10. The number of carboxylic acid groups (broad SMARTS) is 1. The molecule has 98 valence electrons. The largest absolute Gasteiger partial charge is 0.479 e. The lowest BCUT2D eigenvalue weighted by atomic mass is 10.2. The van der Waals surface area contributed by atoms with E-state index in [1.165, 1.54) is 5.56 Å². The van der Waals surface area contributed by atoms with Crippen LogP contribution in [0.5, 0.6) is 0 Å². The molecule has 2 N–H and O–H groups in total. The SMILES string of the molecule is O=C(O)C1CCC(CNCc2cccc(Br)c2)O1. The smallest absolute Gasteiger partial charge is 0.332 e. The summed E-state index contributed by atoms with van der Waals surface area (Å²) in [6.07, 6.45) is 0.807. The van der Waals surface area contributed by atoms with Crippen molar-refractivity contribution >= 4 is 21.9 Å². The average molecular weight is 314 g/mol. The van der Waals surface area contributed by atoms with Gasteiger partial charge in [-0.15, -0.1) is 0 Å². The standard InChI is InChI=1S/C13H16BrNO3/c14-10-3-1-2-9(6-10)7-15-8-11-4-5-12(18-11)13(16)17/h1-3,6,11-12,15H,4-5,7-8H2,(H,16,17). The number of nitrogens with one attached hydrogen (secondary N) is 1. The van der Waals surface area contributed by atoms with Crippen LogP contribution in [0, 0.1) is 0 Å². The molecule has 1 heterocycles. The predicted molar refractivity (Wildman–Crippen MR) is 71.4 cm³/mol. The van der Waals surface area contributed by atoms with Gasteiger partial charge in [0.1, 0.15) is 0 Å². The Balaban J connectivity index is 1.72. The first-order valence-electron chi connectivity index (χ1n) is 5.98. The van der Waals surface area contributed by atoms with Crippen LogP contribution >= 0.6 is 15.9 Å². The third-order valence-corrected chi connectivity index (χ3v) is 3.47. The Morgan fingerprint density at radius 2 is 2.33 bits per heavy atom. The first kappa shape index (κ1) is 13.5. The molecule has 2 atom stereocenters. The van der Waals surface area contributed by atoms with Crippen molar-refractivity contribution in [1.29, 1.82) is 0 Å².